The second-order valence-electron chi connectivity index (χ2n) is 3.93. The van der Waals surface area contributed by atoms with Gasteiger partial charge in [0.1, 0.15) is 5.03 Å². The largest absolute Gasteiger partial charge is 0.478 e. The van der Waals surface area contributed by atoms with E-state index in [9.17, 15) is 18.0 Å². The molecule has 3 nitrogen and oxygen atoms in total. The van der Waals surface area contributed by atoms with E-state index in [-0.39, 0.29) is 4.90 Å². The number of carbonyl (C=O) groups is 1. The third-order valence-electron chi connectivity index (χ3n) is 2.45. The Balaban J connectivity index is 2.38. The molecule has 0 aliphatic heterocycles. The van der Waals surface area contributed by atoms with Crippen molar-refractivity contribution in [1.82, 2.24) is 4.98 Å². The molecular weight excluding hydrogens is 371 g/mol. The zero-order valence-electron chi connectivity index (χ0n) is 10.2. The minimum atomic E-state index is -4.72. The van der Waals surface area contributed by atoms with Gasteiger partial charge in [-0.1, -0.05) is 11.8 Å². The molecule has 0 unspecified atom stereocenters. The number of hydrogen-bond donors (Lipinski definition) is 1. The van der Waals surface area contributed by atoms with Crippen LogP contribution in [0.4, 0.5) is 13.2 Å². The average molecular weight is 378 g/mol. The van der Waals surface area contributed by atoms with Crippen LogP contribution in [0.5, 0.6) is 0 Å². The number of pyridine rings is 1. The topological polar surface area (TPSA) is 50.2 Å². The second kappa shape index (κ2) is 6.07. The van der Waals surface area contributed by atoms with Crippen molar-refractivity contribution in [2.75, 3.05) is 0 Å². The number of benzene rings is 1. The lowest BCUT2D eigenvalue weighted by molar-refractivity contribution is -0.138. The van der Waals surface area contributed by atoms with Crippen molar-refractivity contribution in [1.29, 1.82) is 0 Å². The first kappa shape index (κ1) is 15.8. The Morgan fingerprint density at radius 3 is 2.48 bits per heavy atom. The van der Waals surface area contributed by atoms with Crippen LogP contribution in [0.25, 0.3) is 0 Å². The van der Waals surface area contributed by atoms with Crippen molar-refractivity contribution in [3.05, 3.63) is 52.1 Å². The number of halogens is 4. The first-order chi connectivity index (χ1) is 9.77. The molecule has 1 N–H and O–H groups in total. The molecule has 2 aromatic rings. The Labute approximate surface area is 130 Å². The fourth-order valence-corrected chi connectivity index (χ4v) is 2.58. The van der Waals surface area contributed by atoms with Gasteiger partial charge in [-0.05, 0) is 46.3 Å². The third-order valence-corrected chi connectivity index (χ3v) is 3.86. The number of rotatable bonds is 3. The molecule has 0 atom stereocenters. The van der Waals surface area contributed by atoms with Crippen LogP contribution in [-0.4, -0.2) is 16.1 Å². The normalized spacial score (nSPS) is 11.4. The Bertz CT molecular complexity index is 674. The molecule has 0 radical (unpaired) electrons. The molecule has 8 heteroatoms. The van der Waals surface area contributed by atoms with E-state index < -0.39 is 23.3 Å². The zero-order chi connectivity index (χ0) is 15.6. The van der Waals surface area contributed by atoms with Crippen molar-refractivity contribution in [3.8, 4) is 0 Å². The molecule has 2 rings (SSSR count). The van der Waals surface area contributed by atoms with Crippen LogP contribution in [0.3, 0.4) is 0 Å². The lowest BCUT2D eigenvalue weighted by Gasteiger charge is -2.11. The number of nitrogens with zero attached hydrogens (tertiary/aromatic N) is 1. The summed E-state index contributed by atoms with van der Waals surface area (Å²) in [5.74, 6) is -1.61. The quantitative estimate of drug-likeness (QED) is 0.841. The SMILES string of the molecule is O=C(O)c1ccc(Sc2ccc(Br)cn2)cc1C(F)(F)F. The molecule has 0 aliphatic rings. The number of aromatic carboxylic acids is 1. The lowest BCUT2D eigenvalue weighted by Crippen LogP contribution is -2.12. The Kier molecular flexibility index (Phi) is 4.58. The maximum Gasteiger partial charge on any atom is 0.417 e. The number of alkyl halides is 3. The van der Waals surface area contributed by atoms with Gasteiger partial charge in [0.25, 0.3) is 0 Å². The van der Waals surface area contributed by atoms with E-state index in [1.54, 1.807) is 12.1 Å². The summed E-state index contributed by atoms with van der Waals surface area (Å²) < 4.78 is 39.4. The number of carboxylic acids is 1. The molecule has 21 heavy (non-hydrogen) atoms. The van der Waals surface area contributed by atoms with Crippen molar-refractivity contribution < 1.29 is 23.1 Å². The maximum atomic E-state index is 12.9. The summed E-state index contributed by atoms with van der Waals surface area (Å²) in [6.45, 7) is 0. The van der Waals surface area contributed by atoms with Crippen LogP contribution < -0.4 is 0 Å². The van der Waals surface area contributed by atoms with E-state index in [0.717, 1.165) is 28.4 Å². The molecule has 110 valence electrons. The predicted octanol–water partition coefficient (Wildman–Crippen LogP) is 4.71. The van der Waals surface area contributed by atoms with Crippen molar-refractivity contribution in [3.63, 3.8) is 0 Å². The summed E-state index contributed by atoms with van der Waals surface area (Å²) in [7, 11) is 0. The van der Waals surface area contributed by atoms with Gasteiger partial charge in [-0.25, -0.2) is 9.78 Å². The van der Waals surface area contributed by atoms with Gasteiger partial charge in [-0.3, -0.25) is 0 Å². The van der Waals surface area contributed by atoms with E-state index >= 15 is 0 Å². The highest BCUT2D eigenvalue weighted by atomic mass is 79.9. The number of hydrogen-bond acceptors (Lipinski definition) is 3. The summed E-state index contributed by atoms with van der Waals surface area (Å²) in [6.07, 6.45) is -3.20. The smallest absolute Gasteiger partial charge is 0.417 e. The Hall–Kier alpha value is -1.54. The molecule has 1 aromatic carbocycles. The molecule has 0 fully saturated rings. The van der Waals surface area contributed by atoms with Crippen molar-refractivity contribution >= 4 is 33.7 Å². The fraction of sp³-hybridized carbons (Fsp3) is 0.0769. The van der Waals surface area contributed by atoms with Gasteiger partial charge in [0.15, 0.2) is 0 Å². The Morgan fingerprint density at radius 1 is 1.24 bits per heavy atom. The molecule has 0 spiro atoms. The monoisotopic (exact) mass is 377 g/mol. The van der Waals surface area contributed by atoms with E-state index in [4.69, 9.17) is 5.11 Å². The summed E-state index contributed by atoms with van der Waals surface area (Å²) >= 11 is 4.23. The van der Waals surface area contributed by atoms with Gasteiger partial charge in [-0.15, -0.1) is 0 Å². The first-order valence-corrected chi connectivity index (χ1v) is 7.12. The van der Waals surface area contributed by atoms with E-state index in [1.807, 2.05) is 0 Å². The van der Waals surface area contributed by atoms with Gasteiger partial charge in [0.2, 0.25) is 0 Å². The van der Waals surface area contributed by atoms with E-state index in [0.29, 0.717) is 5.03 Å². The second-order valence-corrected chi connectivity index (χ2v) is 5.94. The zero-order valence-corrected chi connectivity index (χ0v) is 12.6. The highest BCUT2D eigenvalue weighted by Gasteiger charge is 2.35. The van der Waals surface area contributed by atoms with Crippen LogP contribution in [-0.2, 0) is 6.18 Å². The van der Waals surface area contributed by atoms with Crippen molar-refractivity contribution in [2.24, 2.45) is 0 Å². The third kappa shape index (κ3) is 3.98. The van der Waals surface area contributed by atoms with Crippen molar-refractivity contribution in [2.45, 2.75) is 16.1 Å². The number of aromatic nitrogens is 1. The molecule has 0 bridgehead atoms. The van der Waals surface area contributed by atoms with Gasteiger partial charge in [-0.2, -0.15) is 13.2 Å². The van der Waals surface area contributed by atoms with Crippen LogP contribution in [0, 0.1) is 0 Å². The molecule has 0 aliphatic carbocycles. The molecule has 0 amide bonds. The molecular formula is C13H7BrF3NO2S. The molecule has 0 saturated heterocycles. The summed E-state index contributed by atoms with van der Waals surface area (Å²) in [4.78, 5) is 15.2. The highest BCUT2D eigenvalue weighted by Crippen LogP contribution is 2.36. The Morgan fingerprint density at radius 2 is 1.95 bits per heavy atom. The first-order valence-electron chi connectivity index (χ1n) is 5.51. The average Bonchev–Trinajstić information content (AvgIpc) is 2.40. The predicted molar refractivity (Wildman–Crippen MR) is 74.5 cm³/mol. The molecule has 0 saturated carbocycles. The van der Waals surface area contributed by atoms with Gasteiger partial charge >= 0.3 is 12.1 Å². The van der Waals surface area contributed by atoms with Gasteiger partial charge in [0.05, 0.1) is 11.1 Å². The number of carboxylic acid groups (broad SMARTS) is 1. The summed E-state index contributed by atoms with van der Waals surface area (Å²) in [5, 5.41) is 9.32. The van der Waals surface area contributed by atoms with E-state index in [2.05, 4.69) is 20.9 Å². The minimum Gasteiger partial charge on any atom is -0.478 e. The van der Waals surface area contributed by atoms with Gasteiger partial charge < -0.3 is 5.11 Å². The molecule has 1 aromatic heterocycles. The summed E-state index contributed by atoms with van der Waals surface area (Å²) in [5.41, 5.74) is -1.94. The van der Waals surface area contributed by atoms with Crippen LogP contribution in [0.2, 0.25) is 0 Å². The van der Waals surface area contributed by atoms with Crippen LogP contribution >= 0.6 is 27.7 Å². The maximum absolute atomic E-state index is 12.9. The lowest BCUT2D eigenvalue weighted by atomic mass is 10.1. The summed E-state index contributed by atoms with van der Waals surface area (Å²) in [6, 6.07) is 6.45. The van der Waals surface area contributed by atoms with Gasteiger partial charge in [0, 0.05) is 15.6 Å². The molecule has 1 heterocycles. The minimum absolute atomic E-state index is 0.266. The van der Waals surface area contributed by atoms with E-state index in [1.165, 1.54) is 12.3 Å². The highest BCUT2D eigenvalue weighted by molar-refractivity contribution is 9.10. The van der Waals surface area contributed by atoms with Crippen LogP contribution in [0.1, 0.15) is 15.9 Å². The standard InChI is InChI=1S/C13H7BrF3NO2S/c14-7-1-4-11(18-6-7)21-8-2-3-9(12(19)20)10(5-8)13(15,16)17/h1-6H,(H,19,20). The van der Waals surface area contributed by atoms with Crippen LogP contribution in [0.15, 0.2) is 50.9 Å². The fourth-order valence-electron chi connectivity index (χ4n) is 1.55.